The molecule has 3 aliphatic rings. The smallest absolute Gasteiger partial charge is 0.253 e. The van der Waals surface area contributed by atoms with Crippen LogP contribution in [-0.2, 0) is 19.1 Å². The predicted octanol–water partition coefficient (Wildman–Crippen LogP) is 4.39. The number of para-hydroxylation sites is 1. The molecule has 2 aromatic carbocycles. The third-order valence-corrected chi connectivity index (χ3v) is 9.63. The predicted molar refractivity (Wildman–Crippen MR) is 162 cm³/mol. The van der Waals surface area contributed by atoms with Gasteiger partial charge in [0.1, 0.15) is 11.6 Å². The molecule has 9 heteroatoms. The number of nitrogens with zero attached hydrogens (tertiary/aromatic N) is 3. The number of likely N-dealkylation sites (N-methyl/N-ethyl adjacent to an activating group) is 1. The number of aliphatic hydroxyl groups excluding tert-OH is 1. The topological polar surface area (TPSA) is 90.4 Å². The zero-order valence-electron chi connectivity index (χ0n) is 24.1. The van der Waals surface area contributed by atoms with Gasteiger partial charge >= 0.3 is 0 Å². The van der Waals surface area contributed by atoms with Crippen molar-refractivity contribution in [2.24, 2.45) is 11.8 Å². The fourth-order valence-corrected chi connectivity index (χ4v) is 7.69. The van der Waals surface area contributed by atoms with Crippen molar-refractivity contribution >= 4 is 35.0 Å². The van der Waals surface area contributed by atoms with E-state index in [-0.39, 0.29) is 18.4 Å². The van der Waals surface area contributed by atoms with Crippen molar-refractivity contribution in [2.75, 3.05) is 31.6 Å². The standard InChI is InChI=1S/C33H38ClN3O5/c1-5-19-35(4)29(39)26-27-30(40)37(25(21-38)22-13-9-8-10-14-22)28(33(27)18-17-32(26,7-3)42-33)31(41)36(20-6-2)24-16-12-11-15-23(24)34/h5-6,8-16,25-28,38H,1-2,7,17-21H2,3-4H3/t25-,26+,27+,28?,32-,33?/m1/s1. The van der Waals surface area contributed by atoms with E-state index in [1.54, 1.807) is 48.4 Å². The van der Waals surface area contributed by atoms with E-state index in [2.05, 4.69) is 13.2 Å². The van der Waals surface area contributed by atoms with Crippen molar-refractivity contribution in [2.45, 2.75) is 49.5 Å². The lowest BCUT2D eigenvalue weighted by Gasteiger charge is -2.40. The van der Waals surface area contributed by atoms with Gasteiger partial charge in [-0.15, -0.1) is 13.2 Å². The molecule has 5 rings (SSSR count). The van der Waals surface area contributed by atoms with Crippen molar-refractivity contribution in [3.8, 4) is 0 Å². The maximum atomic E-state index is 14.9. The first-order valence-corrected chi connectivity index (χ1v) is 14.8. The summed E-state index contributed by atoms with van der Waals surface area (Å²) >= 11 is 6.58. The lowest BCUT2D eigenvalue weighted by atomic mass is 9.64. The molecule has 8 nitrogen and oxygen atoms in total. The number of hydrogen-bond acceptors (Lipinski definition) is 5. The fourth-order valence-electron chi connectivity index (χ4n) is 7.45. The summed E-state index contributed by atoms with van der Waals surface area (Å²) in [6.07, 6.45) is 4.72. The SMILES string of the molecule is C=CCN(C)C(=O)[C@@H]1[C@H]2C(=O)N([C@H](CO)c3ccccc3)C(C(=O)N(CC=C)c3ccccc3Cl)C23CC[C@@]1(CC)O3. The van der Waals surface area contributed by atoms with Crippen molar-refractivity contribution in [1.29, 1.82) is 0 Å². The first-order chi connectivity index (χ1) is 20.2. The highest BCUT2D eigenvalue weighted by Crippen LogP contribution is 2.65. The summed E-state index contributed by atoms with van der Waals surface area (Å²) in [5.74, 6) is -2.65. The monoisotopic (exact) mass is 591 g/mol. The molecule has 3 aliphatic heterocycles. The maximum Gasteiger partial charge on any atom is 0.253 e. The number of fused-ring (bicyclic) bond motifs is 1. The van der Waals surface area contributed by atoms with E-state index in [0.29, 0.717) is 42.1 Å². The van der Waals surface area contributed by atoms with Crippen LogP contribution in [0.3, 0.4) is 0 Å². The van der Waals surface area contributed by atoms with Crippen molar-refractivity contribution in [1.82, 2.24) is 9.80 Å². The van der Waals surface area contributed by atoms with Gasteiger partial charge in [0.2, 0.25) is 11.8 Å². The minimum absolute atomic E-state index is 0.139. The average molecular weight is 592 g/mol. The molecule has 2 bridgehead atoms. The quantitative estimate of drug-likeness (QED) is 0.392. The number of carbonyl (C=O) groups is 3. The lowest BCUT2D eigenvalue weighted by Crippen LogP contribution is -2.57. The third kappa shape index (κ3) is 4.48. The number of anilines is 1. The van der Waals surface area contributed by atoms with E-state index in [0.717, 1.165) is 0 Å². The van der Waals surface area contributed by atoms with E-state index in [1.807, 2.05) is 37.3 Å². The molecule has 1 N–H and O–H groups in total. The summed E-state index contributed by atoms with van der Waals surface area (Å²) in [5.41, 5.74) is -0.982. The van der Waals surface area contributed by atoms with Gasteiger partial charge in [0, 0.05) is 20.1 Å². The van der Waals surface area contributed by atoms with Crippen LogP contribution in [-0.4, -0.2) is 76.6 Å². The van der Waals surface area contributed by atoms with Crippen LogP contribution in [0.1, 0.15) is 37.8 Å². The van der Waals surface area contributed by atoms with Crippen LogP contribution in [0.4, 0.5) is 5.69 Å². The average Bonchev–Trinajstić information content (AvgIpc) is 3.61. The normalized spacial score (nSPS) is 28.3. The van der Waals surface area contributed by atoms with Gasteiger partial charge in [-0.1, -0.05) is 73.1 Å². The number of rotatable bonds is 11. The third-order valence-electron chi connectivity index (χ3n) is 9.31. The number of benzene rings is 2. The van der Waals surface area contributed by atoms with Crippen LogP contribution in [0.15, 0.2) is 79.9 Å². The molecule has 6 atom stereocenters. The molecular formula is C33H38ClN3O5. The Kier molecular flexibility index (Phi) is 8.34. The number of hydrogen-bond donors (Lipinski definition) is 1. The molecule has 42 heavy (non-hydrogen) atoms. The molecule has 3 heterocycles. The summed E-state index contributed by atoms with van der Waals surface area (Å²) < 4.78 is 6.92. The van der Waals surface area contributed by atoms with Gasteiger partial charge in [-0.3, -0.25) is 14.4 Å². The number of ether oxygens (including phenoxy) is 1. The summed E-state index contributed by atoms with van der Waals surface area (Å²) in [5, 5.41) is 11.1. The van der Waals surface area contributed by atoms with Gasteiger partial charge in [-0.25, -0.2) is 0 Å². The Morgan fingerprint density at radius 1 is 1.10 bits per heavy atom. The van der Waals surface area contributed by atoms with E-state index >= 15 is 0 Å². The Morgan fingerprint density at radius 2 is 1.76 bits per heavy atom. The molecular weight excluding hydrogens is 554 g/mol. The Morgan fingerprint density at radius 3 is 2.38 bits per heavy atom. The number of amides is 3. The Bertz CT molecular complexity index is 1380. The lowest BCUT2D eigenvalue weighted by molar-refractivity contribution is -0.153. The molecule has 1 spiro atoms. The van der Waals surface area contributed by atoms with E-state index < -0.39 is 47.6 Å². The molecule has 0 saturated carbocycles. The molecule has 0 radical (unpaired) electrons. The molecule has 2 aromatic rings. The molecule has 222 valence electrons. The second kappa shape index (κ2) is 11.7. The highest BCUT2D eigenvalue weighted by atomic mass is 35.5. The minimum atomic E-state index is -1.26. The minimum Gasteiger partial charge on any atom is -0.394 e. The van der Waals surface area contributed by atoms with Gasteiger partial charge < -0.3 is 24.5 Å². The number of likely N-dealkylation sites (tertiary alicyclic amines) is 1. The van der Waals surface area contributed by atoms with Crippen molar-refractivity contribution in [3.05, 3.63) is 90.5 Å². The summed E-state index contributed by atoms with van der Waals surface area (Å²) in [7, 11) is 1.69. The number of aliphatic hydroxyl groups is 1. The van der Waals surface area contributed by atoms with E-state index in [1.165, 1.54) is 9.80 Å². The summed E-state index contributed by atoms with van der Waals surface area (Å²) in [6.45, 7) is 9.63. The molecule has 3 amide bonds. The van der Waals surface area contributed by atoms with Gasteiger partial charge in [0.15, 0.2) is 0 Å². The Labute approximate surface area is 252 Å². The molecule has 3 saturated heterocycles. The van der Waals surface area contributed by atoms with Crippen molar-refractivity contribution < 1.29 is 24.2 Å². The van der Waals surface area contributed by atoms with Gasteiger partial charge in [-0.2, -0.15) is 0 Å². The second-order valence-corrected chi connectivity index (χ2v) is 11.8. The Hall–Kier alpha value is -3.46. The molecule has 0 aliphatic carbocycles. The second-order valence-electron chi connectivity index (χ2n) is 11.4. The van der Waals surface area contributed by atoms with Crippen LogP contribution in [0.25, 0.3) is 0 Å². The zero-order valence-corrected chi connectivity index (χ0v) is 24.9. The van der Waals surface area contributed by atoms with Gasteiger partial charge in [0.25, 0.3) is 5.91 Å². The molecule has 0 aromatic heterocycles. The molecule has 2 unspecified atom stereocenters. The van der Waals surface area contributed by atoms with Crippen LogP contribution >= 0.6 is 11.6 Å². The van der Waals surface area contributed by atoms with Crippen LogP contribution < -0.4 is 4.90 Å². The maximum absolute atomic E-state index is 14.9. The summed E-state index contributed by atoms with van der Waals surface area (Å²) in [4.78, 5) is 48.2. The number of halogens is 1. The summed E-state index contributed by atoms with van der Waals surface area (Å²) in [6, 6.07) is 14.2. The number of carbonyl (C=O) groups excluding carboxylic acids is 3. The van der Waals surface area contributed by atoms with E-state index in [4.69, 9.17) is 16.3 Å². The Balaban J connectivity index is 1.70. The molecule has 3 fully saturated rings. The fraction of sp³-hybridized carbons (Fsp3) is 0.424. The first-order valence-electron chi connectivity index (χ1n) is 14.4. The van der Waals surface area contributed by atoms with Crippen LogP contribution in [0, 0.1) is 11.8 Å². The van der Waals surface area contributed by atoms with E-state index in [9.17, 15) is 19.5 Å². The first kappa shape index (κ1) is 30.0. The highest BCUT2D eigenvalue weighted by Gasteiger charge is 2.79. The van der Waals surface area contributed by atoms with Crippen LogP contribution in [0.2, 0.25) is 5.02 Å². The highest BCUT2D eigenvalue weighted by molar-refractivity contribution is 6.34. The zero-order chi connectivity index (χ0) is 30.2. The largest absolute Gasteiger partial charge is 0.394 e. The van der Waals surface area contributed by atoms with Crippen molar-refractivity contribution in [3.63, 3.8) is 0 Å². The van der Waals surface area contributed by atoms with Crippen LogP contribution in [0.5, 0.6) is 0 Å². The van der Waals surface area contributed by atoms with Gasteiger partial charge in [0.05, 0.1) is 40.8 Å². The van der Waals surface area contributed by atoms with Gasteiger partial charge in [-0.05, 0) is 37.0 Å².